The maximum absolute atomic E-state index is 11.5. The van der Waals surface area contributed by atoms with E-state index in [1.165, 1.54) is 11.1 Å². The van der Waals surface area contributed by atoms with E-state index in [1.54, 1.807) is 6.08 Å². The third kappa shape index (κ3) is 1.10. The Hall–Kier alpha value is -1.81. The molecule has 0 aliphatic heterocycles. The van der Waals surface area contributed by atoms with Crippen molar-refractivity contribution >= 4 is 11.4 Å². The first-order valence-electron chi connectivity index (χ1n) is 5.56. The minimum atomic E-state index is -0.211. The second-order valence-electron chi connectivity index (χ2n) is 4.58. The van der Waals surface area contributed by atoms with Crippen LogP contribution in [0.2, 0.25) is 0 Å². The number of carbonyl (C=O) groups is 1. The summed E-state index contributed by atoms with van der Waals surface area (Å²) in [6.45, 7) is 0. The predicted molar refractivity (Wildman–Crippen MR) is 63.6 cm³/mol. The number of carbonyl (C=O) groups excluding carboxylic acids is 1. The summed E-state index contributed by atoms with van der Waals surface area (Å²) in [7, 11) is 0. The Kier molecular flexibility index (Phi) is 1.82. The van der Waals surface area contributed by atoms with Crippen molar-refractivity contribution in [2.24, 2.45) is 5.41 Å². The number of terminal acetylenes is 1. The van der Waals surface area contributed by atoms with Crippen molar-refractivity contribution in [3.8, 4) is 12.3 Å². The maximum atomic E-state index is 11.5. The molecule has 0 saturated heterocycles. The standard InChI is InChI=1S/C15H12O/c1-2-15-8-7-12(16)9-14(15)13-6-4-3-5-11(13)10-15/h1,3-6,9H,7-8,10H2. The summed E-state index contributed by atoms with van der Waals surface area (Å²) in [5.74, 6) is 3.13. The van der Waals surface area contributed by atoms with Gasteiger partial charge in [-0.1, -0.05) is 30.2 Å². The summed E-state index contributed by atoms with van der Waals surface area (Å²) < 4.78 is 0. The lowest BCUT2D eigenvalue weighted by Crippen LogP contribution is -2.23. The molecule has 1 aromatic rings. The fourth-order valence-electron chi connectivity index (χ4n) is 2.82. The van der Waals surface area contributed by atoms with Crippen molar-refractivity contribution in [2.45, 2.75) is 19.3 Å². The Balaban J connectivity index is 2.25. The van der Waals surface area contributed by atoms with E-state index in [-0.39, 0.29) is 11.2 Å². The van der Waals surface area contributed by atoms with Crippen LogP contribution < -0.4 is 0 Å². The zero-order chi connectivity index (χ0) is 11.2. The molecule has 1 atom stereocenters. The van der Waals surface area contributed by atoms with Crippen molar-refractivity contribution in [1.82, 2.24) is 0 Å². The number of fused-ring (bicyclic) bond motifs is 3. The quantitative estimate of drug-likeness (QED) is 0.599. The Bertz CT molecular complexity index is 545. The van der Waals surface area contributed by atoms with Gasteiger partial charge in [0.2, 0.25) is 0 Å². The number of hydrogen-bond acceptors (Lipinski definition) is 1. The molecule has 2 aliphatic rings. The van der Waals surface area contributed by atoms with Crippen LogP contribution in [-0.2, 0) is 11.2 Å². The monoisotopic (exact) mass is 208 g/mol. The SMILES string of the molecule is C#CC12CCC(=O)C=C1c1ccccc1C2. The number of rotatable bonds is 0. The zero-order valence-corrected chi connectivity index (χ0v) is 8.99. The maximum Gasteiger partial charge on any atom is 0.156 e. The van der Waals surface area contributed by atoms with Crippen LogP contribution in [0.1, 0.15) is 24.0 Å². The highest BCUT2D eigenvalue weighted by Crippen LogP contribution is 2.50. The van der Waals surface area contributed by atoms with E-state index in [1.807, 2.05) is 12.1 Å². The largest absolute Gasteiger partial charge is 0.295 e. The van der Waals surface area contributed by atoms with E-state index in [0.29, 0.717) is 6.42 Å². The third-order valence-electron chi connectivity index (χ3n) is 3.70. The van der Waals surface area contributed by atoms with Crippen molar-refractivity contribution in [3.63, 3.8) is 0 Å². The van der Waals surface area contributed by atoms with E-state index in [0.717, 1.165) is 18.4 Å². The van der Waals surface area contributed by atoms with Gasteiger partial charge in [-0.25, -0.2) is 0 Å². The van der Waals surface area contributed by atoms with Gasteiger partial charge < -0.3 is 0 Å². The Morgan fingerprint density at radius 2 is 2.12 bits per heavy atom. The number of allylic oxidation sites excluding steroid dienone is 2. The smallest absolute Gasteiger partial charge is 0.156 e. The van der Waals surface area contributed by atoms with Crippen molar-refractivity contribution in [2.75, 3.05) is 0 Å². The van der Waals surface area contributed by atoms with E-state index < -0.39 is 0 Å². The molecule has 1 aromatic carbocycles. The molecule has 2 aliphatic carbocycles. The highest BCUT2D eigenvalue weighted by molar-refractivity contribution is 6.02. The zero-order valence-electron chi connectivity index (χ0n) is 8.99. The summed E-state index contributed by atoms with van der Waals surface area (Å²) in [4.78, 5) is 11.5. The molecule has 3 rings (SSSR count). The molecule has 0 radical (unpaired) electrons. The molecule has 0 N–H and O–H groups in total. The lowest BCUT2D eigenvalue weighted by Gasteiger charge is -2.27. The molecule has 1 heteroatoms. The summed E-state index contributed by atoms with van der Waals surface area (Å²) in [5.41, 5.74) is 3.31. The fraction of sp³-hybridized carbons (Fsp3) is 0.267. The summed E-state index contributed by atoms with van der Waals surface area (Å²) in [6.07, 6.45) is 9.73. The van der Waals surface area contributed by atoms with E-state index in [9.17, 15) is 4.79 Å². The van der Waals surface area contributed by atoms with E-state index in [2.05, 4.69) is 18.1 Å². The minimum Gasteiger partial charge on any atom is -0.295 e. The Morgan fingerprint density at radius 1 is 1.31 bits per heavy atom. The van der Waals surface area contributed by atoms with E-state index in [4.69, 9.17) is 6.42 Å². The Morgan fingerprint density at radius 3 is 2.94 bits per heavy atom. The molecule has 0 heterocycles. The molecular formula is C15H12O. The van der Waals surface area contributed by atoms with Crippen LogP contribution in [0.15, 0.2) is 30.3 Å². The molecule has 16 heavy (non-hydrogen) atoms. The van der Waals surface area contributed by atoms with Gasteiger partial charge in [-0.2, -0.15) is 0 Å². The number of ketones is 1. The molecule has 0 fully saturated rings. The van der Waals surface area contributed by atoms with Crippen LogP contribution in [0.5, 0.6) is 0 Å². The molecule has 0 bridgehead atoms. The summed E-state index contributed by atoms with van der Waals surface area (Å²) >= 11 is 0. The normalized spacial score (nSPS) is 26.7. The van der Waals surface area contributed by atoms with Gasteiger partial charge in [0.15, 0.2) is 5.78 Å². The highest BCUT2D eigenvalue weighted by Gasteiger charge is 2.42. The van der Waals surface area contributed by atoms with Gasteiger partial charge >= 0.3 is 0 Å². The second kappa shape index (κ2) is 3.09. The summed E-state index contributed by atoms with van der Waals surface area (Å²) in [5, 5.41) is 0. The first-order valence-corrected chi connectivity index (χ1v) is 5.56. The average molecular weight is 208 g/mol. The average Bonchev–Trinajstić information content (AvgIpc) is 2.64. The van der Waals surface area contributed by atoms with Crippen LogP contribution in [0.3, 0.4) is 0 Å². The minimum absolute atomic E-state index is 0.206. The van der Waals surface area contributed by atoms with Gasteiger partial charge in [0.1, 0.15) is 0 Å². The first-order chi connectivity index (χ1) is 7.75. The number of benzene rings is 1. The molecule has 0 saturated carbocycles. The molecule has 0 spiro atoms. The lowest BCUT2D eigenvalue weighted by molar-refractivity contribution is -0.115. The highest BCUT2D eigenvalue weighted by atomic mass is 16.1. The van der Waals surface area contributed by atoms with Gasteiger partial charge in [-0.05, 0) is 35.6 Å². The third-order valence-corrected chi connectivity index (χ3v) is 3.70. The van der Waals surface area contributed by atoms with Gasteiger partial charge in [0, 0.05) is 6.42 Å². The lowest BCUT2D eigenvalue weighted by atomic mass is 9.73. The Labute approximate surface area is 95.2 Å². The van der Waals surface area contributed by atoms with Crippen LogP contribution in [0.4, 0.5) is 0 Å². The van der Waals surface area contributed by atoms with E-state index >= 15 is 0 Å². The molecular weight excluding hydrogens is 196 g/mol. The summed E-state index contributed by atoms with van der Waals surface area (Å²) in [6, 6.07) is 8.21. The topological polar surface area (TPSA) is 17.1 Å². The molecule has 1 nitrogen and oxygen atoms in total. The van der Waals surface area contributed by atoms with Gasteiger partial charge in [-0.3, -0.25) is 4.79 Å². The van der Waals surface area contributed by atoms with Crippen LogP contribution in [0, 0.1) is 17.8 Å². The van der Waals surface area contributed by atoms with Gasteiger partial charge in [0.05, 0.1) is 5.41 Å². The predicted octanol–water partition coefficient (Wildman–Crippen LogP) is 2.61. The van der Waals surface area contributed by atoms with Crippen molar-refractivity contribution in [1.29, 1.82) is 0 Å². The molecule has 1 unspecified atom stereocenters. The molecule has 0 aromatic heterocycles. The fourth-order valence-corrected chi connectivity index (χ4v) is 2.82. The van der Waals surface area contributed by atoms with Crippen LogP contribution >= 0.6 is 0 Å². The number of hydrogen-bond donors (Lipinski definition) is 0. The van der Waals surface area contributed by atoms with Crippen LogP contribution in [-0.4, -0.2) is 5.78 Å². The van der Waals surface area contributed by atoms with Crippen molar-refractivity contribution in [3.05, 3.63) is 41.5 Å². The van der Waals surface area contributed by atoms with Crippen molar-refractivity contribution < 1.29 is 4.79 Å². The first kappa shape index (κ1) is 9.42. The molecule has 78 valence electrons. The molecule has 0 amide bonds. The van der Waals surface area contributed by atoms with Gasteiger partial charge in [-0.15, -0.1) is 6.42 Å². The van der Waals surface area contributed by atoms with Crippen LogP contribution in [0.25, 0.3) is 5.57 Å². The van der Waals surface area contributed by atoms with Gasteiger partial charge in [0.25, 0.3) is 0 Å². The second-order valence-corrected chi connectivity index (χ2v) is 4.58.